The summed E-state index contributed by atoms with van der Waals surface area (Å²) in [6, 6.07) is 0. The largest absolute Gasteiger partial charge is 0.466 e. The van der Waals surface area contributed by atoms with Gasteiger partial charge in [0.05, 0.1) is 6.61 Å². The average molecular weight is 383 g/mol. The highest BCUT2D eigenvalue weighted by Gasteiger charge is 2.03. The first-order valence-electron chi connectivity index (χ1n) is 12.2. The molecular formula is C25H50O2. The molecule has 0 N–H and O–H groups in total. The van der Waals surface area contributed by atoms with E-state index in [1.54, 1.807) is 0 Å². The minimum atomic E-state index is 0.00735. The number of hydrogen-bond acceptors (Lipinski definition) is 2. The number of unbranched alkanes of at least 4 members (excludes halogenated alkanes) is 12. The Hall–Kier alpha value is -0.530. The lowest BCUT2D eigenvalue weighted by Gasteiger charge is -2.06. The summed E-state index contributed by atoms with van der Waals surface area (Å²) >= 11 is 0. The van der Waals surface area contributed by atoms with Gasteiger partial charge < -0.3 is 4.74 Å². The van der Waals surface area contributed by atoms with Crippen LogP contribution < -0.4 is 0 Å². The van der Waals surface area contributed by atoms with Crippen molar-refractivity contribution in [2.45, 2.75) is 137 Å². The lowest BCUT2D eigenvalue weighted by Crippen LogP contribution is -2.05. The van der Waals surface area contributed by atoms with E-state index in [-0.39, 0.29) is 5.97 Å². The second kappa shape index (κ2) is 20.2. The van der Waals surface area contributed by atoms with Crippen molar-refractivity contribution < 1.29 is 9.53 Å². The number of carbonyl (C=O) groups excluding carboxylic acids is 1. The van der Waals surface area contributed by atoms with E-state index >= 15 is 0 Å². The van der Waals surface area contributed by atoms with Crippen molar-refractivity contribution in [3.63, 3.8) is 0 Å². The highest BCUT2D eigenvalue weighted by atomic mass is 16.5. The van der Waals surface area contributed by atoms with Gasteiger partial charge in [-0.15, -0.1) is 0 Å². The number of carbonyl (C=O) groups is 1. The minimum Gasteiger partial charge on any atom is -0.466 e. The van der Waals surface area contributed by atoms with E-state index in [4.69, 9.17) is 4.74 Å². The molecule has 0 unspecified atom stereocenters. The lowest BCUT2D eigenvalue weighted by atomic mass is 10.0. The Morgan fingerprint density at radius 2 is 0.926 bits per heavy atom. The van der Waals surface area contributed by atoms with Crippen LogP contribution in [-0.4, -0.2) is 12.6 Å². The molecule has 0 spiro atoms. The van der Waals surface area contributed by atoms with Crippen LogP contribution in [0.15, 0.2) is 0 Å². The first kappa shape index (κ1) is 26.5. The van der Waals surface area contributed by atoms with E-state index in [1.807, 2.05) is 0 Å². The van der Waals surface area contributed by atoms with Gasteiger partial charge in [-0.25, -0.2) is 0 Å². The molecule has 27 heavy (non-hydrogen) atoms. The number of hydrogen-bond donors (Lipinski definition) is 0. The first-order valence-corrected chi connectivity index (χ1v) is 12.2. The summed E-state index contributed by atoms with van der Waals surface area (Å²) in [6.45, 7) is 9.73. The molecule has 0 amide bonds. The van der Waals surface area contributed by atoms with Gasteiger partial charge in [-0.05, 0) is 31.1 Å². The molecule has 0 aliphatic carbocycles. The topological polar surface area (TPSA) is 26.3 Å². The maximum atomic E-state index is 11.7. The molecule has 0 aliphatic heterocycles. The van der Waals surface area contributed by atoms with E-state index in [0.29, 0.717) is 13.0 Å². The highest BCUT2D eigenvalue weighted by molar-refractivity contribution is 5.69. The van der Waals surface area contributed by atoms with Gasteiger partial charge in [0.15, 0.2) is 0 Å². The smallest absolute Gasteiger partial charge is 0.305 e. The van der Waals surface area contributed by atoms with Gasteiger partial charge >= 0.3 is 5.97 Å². The first-order chi connectivity index (χ1) is 13.0. The number of esters is 1. The third-order valence-electron chi connectivity index (χ3n) is 5.35. The predicted molar refractivity (Wildman–Crippen MR) is 119 cm³/mol. The third-order valence-corrected chi connectivity index (χ3v) is 5.35. The Labute approximate surface area is 171 Å². The predicted octanol–water partition coefficient (Wildman–Crippen LogP) is 8.47. The molecule has 0 bridgehead atoms. The van der Waals surface area contributed by atoms with E-state index < -0.39 is 0 Å². The van der Waals surface area contributed by atoms with Gasteiger partial charge in [-0.1, -0.05) is 111 Å². The molecule has 0 aromatic rings. The SMILES string of the molecule is CC(C)CCCCCCCCCCCCCCC(=O)OCCCCC(C)C. The van der Waals surface area contributed by atoms with Crippen molar-refractivity contribution in [3.05, 3.63) is 0 Å². The van der Waals surface area contributed by atoms with E-state index in [2.05, 4.69) is 27.7 Å². The minimum absolute atomic E-state index is 0.00735. The highest BCUT2D eigenvalue weighted by Crippen LogP contribution is 2.14. The van der Waals surface area contributed by atoms with Gasteiger partial charge in [0.2, 0.25) is 0 Å². The maximum absolute atomic E-state index is 11.7. The molecule has 0 aromatic heterocycles. The molecule has 0 saturated carbocycles. The Bertz CT molecular complexity index is 309. The number of rotatable bonds is 20. The van der Waals surface area contributed by atoms with E-state index in [0.717, 1.165) is 24.7 Å². The summed E-state index contributed by atoms with van der Waals surface area (Å²) in [5, 5.41) is 0. The molecule has 0 aliphatic rings. The second-order valence-electron chi connectivity index (χ2n) is 9.29. The maximum Gasteiger partial charge on any atom is 0.305 e. The summed E-state index contributed by atoms with van der Waals surface area (Å²) in [5.41, 5.74) is 0. The fraction of sp³-hybridized carbons (Fsp3) is 0.960. The van der Waals surface area contributed by atoms with Crippen LogP contribution >= 0.6 is 0 Å². The molecule has 0 saturated heterocycles. The van der Waals surface area contributed by atoms with Crippen LogP contribution in [0, 0.1) is 11.8 Å². The molecule has 2 nitrogen and oxygen atoms in total. The Balaban J connectivity index is 3.14. The summed E-state index contributed by atoms with van der Waals surface area (Å²) < 4.78 is 5.30. The van der Waals surface area contributed by atoms with Crippen LogP contribution in [0.25, 0.3) is 0 Å². The van der Waals surface area contributed by atoms with Gasteiger partial charge in [-0.2, -0.15) is 0 Å². The van der Waals surface area contributed by atoms with Crippen molar-refractivity contribution in [1.82, 2.24) is 0 Å². The van der Waals surface area contributed by atoms with Crippen molar-refractivity contribution >= 4 is 5.97 Å². The molecular weight excluding hydrogens is 332 g/mol. The molecule has 0 atom stereocenters. The molecule has 0 fully saturated rings. The Morgan fingerprint density at radius 1 is 0.556 bits per heavy atom. The molecule has 0 radical (unpaired) electrons. The van der Waals surface area contributed by atoms with Crippen LogP contribution in [0.3, 0.4) is 0 Å². The van der Waals surface area contributed by atoms with Gasteiger partial charge in [0.1, 0.15) is 0 Å². The monoisotopic (exact) mass is 382 g/mol. The third kappa shape index (κ3) is 23.4. The van der Waals surface area contributed by atoms with Gasteiger partial charge in [0.25, 0.3) is 0 Å². The van der Waals surface area contributed by atoms with Gasteiger partial charge in [0, 0.05) is 6.42 Å². The fourth-order valence-electron chi connectivity index (χ4n) is 3.50. The van der Waals surface area contributed by atoms with Crippen LogP contribution in [0.4, 0.5) is 0 Å². The van der Waals surface area contributed by atoms with Crippen LogP contribution in [0.2, 0.25) is 0 Å². The quantitative estimate of drug-likeness (QED) is 0.156. The molecule has 0 heterocycles. The normalized spacial score (nSPS) is 11.5. The van der Waals surface area contributed by atoms with E-state index in [9.17, 15) is 4.79 Å². The Morgan fingerprint density at radius 3 is 1.37 bits per heavy atom. The van der Waals surface area contributed by atoms with Crippen molar-refractivity contribution in [2.75, 3.05) is 6.61 Å². The summed E-state index contributed by atoms with van der Waals surface area (Å²) in [7, 11) is 0. The molecule has 2 heteroatoms. The van der Waals surface area contributed by atoms with Gasteiger partial charge in [-0.3, -0.25) is 4.79 Å². The fourth-order valence-corrected chi connectivity index (χ4v) is 3.50. The van der Waals surface area contributed by atoms with Crippen molar-refractivity contribution in [1.29, 1.82) is 0 Å². The second-order valence-corrected chi connectivity index (χ2v) is 9.29. The molecule has 162 valence electrons. The molecule has 0 rings (SSSR count). The van der Waals surface area contributed by atoms with Crippen molar-refractivity contribution in [3.8, 4) is 0 Å². The molecule has 0 aromatic carbocycles. The Kier molecular flexibility index (Phi) is 19.8. The lowest BCUT2D eigenvalue weighted by molar-refractivity contribution is -0.143. The standard InChI is InChI=1S/C25H50O2/c1-23(2)19-15-13-11-9-7-5-6-8-10-12-14-16-21-25(26)27-22-18-17-20-24(3)4/h23-24H,5-22H2,1-4H3. The van der Waals surface area contributed by atoms with E-state index in [1.165, 1.54) is 89.9 Å². The summed E-state index contributed by atoms with van der Waals surface area (Å²) in [5.74, 6) is 1.63. The zero-order chi connectivity index (χ0) is 20.2. The van der Waals surface area contributed by atoms with Crippen molar-refractivity contribution in [2.24, 2.45) is 11.8 Å². The average Bonchev–Trinajstić information content (AvgIpc) is 2.61. The van der Waals surface area contributed by atoms with Crippen LogP contribution in [0.5, 0.6) is 0 Å². The van der Waals surface area contributed by atoms with Crippen LogP contribution in [0.1, 0.15) is 137 Å². The van der Waals surface area contributed by atoms with Crippen LogP contribution in [-0.2, 0) is 9.53 Å². The zero-order valence-corrected chi connectivity index (χ0v) is 19.2. The summed E-state index contributed by atoms with van der Waals surface area (Å²) in [4.78, 5) is 11.7. The number of ether oxygens (including phenoxy) is 1. The zero-order valence-electron chi connectivity index (χ0n) is 19.2. The summed E-state index contributed by atoms with van der Waals surface area (Å²) in [6.07, 6.45) is 21.5.